The van der Waals surface area contributed by atoms with Crippen LogP contribution in [0.5, 0.6) is 0 Å². The Bertz CT molecular complexity index is 462. The number of hydrogen-bond donors (Lipinski definition) is 2. The normalized spacial score (nSPS) is 10.7. The highest BCUT2D eigenvalue weighted by molar-refractivity contribution is 5.95. The number of alkyl halides is 2. The number of carboxylic acids is 1. The maximum Gasteiger partial charge on any atom is 0.329 e. The summed E-state index contributed by atoms with van der Waals surface area (Å²) < 4.78 is 31.0. The second kappa shape index (κ2) is 6.78. The van der Waals surface area contributed by atoms with Gasteiger partial charge in [-0.3, -0.25) is 9.48 Å². The maximum atomic E-state index is 12.6. The average molecular weight is 277 g/mol. The van der Waals surface area contributed by atoms with Crippen molar-refractivity contribution in [2.75, 3.05) is 19.8 Å². The van der Waals surface area contributed by atoms with Crippen LogP contribution in [0.3, 0.4) is 0 Å². The van der Waals surface area contributed by atoms with Crippen LogP contribution in [0.15, 0.2) is 6.20 Å². The third-order valence-corrected chi connectivity index (χ3v) is 2.07. The Morgan fingerprint density at radius 1 is 1.58 bits per heavy atom. The molecule has 1 amide bonds. The molecule has 1 aromatic heterocycles. The predicted octanol–water partition coefficient (Wildman–Crippen LogP) is 0.189. The first-order chi connectivity index (χ1) is 8.91. The van der Waals surface area contributed by atoms with Crippen LogP contribution in [-0.2, 0) is 16.6 Å². The highest BCUT2D eigenvalue weighted by atomic mass is 19.3. The lowest BCUT2D eigenvalue weighted by Crippen LogP contribution is -2.28. The smallest absolute Gasteiger partial charge is 0.329 e. The largest absolute Gasteiger partial charge is 0.480 e. The highest BCUT2D eigenvalue weighted by Gasteiger charge is 2.22. The molecule has 0 aromatic carbocycles. The molecule has 19 heavy (non-hydrogen) atoms. The monoisotopic (exact) mass is 277 g/mol. The minimum Gasteiger partial charge on any atom is -0.480 e. The lowest BCUT2D eigenvalue weighted by Gasteiger charge is -2.05. The van der Waals surface area contributed by atoms with Gasteiger partial charge in [0, 0.05) is 19.8 Å². The number of carbonyl (C=O) groups is 2. The fraction of sp³-hybridized carbons (Fsp3) is 0.500. The molecular formula is C10H13F2N3O4. The van der Waals surface area contributed by atoms with Gasteiger partial charge in [0.1, 0.15) is 12.3 Å². The summed E-state index contributed by atoms with van der Waals surface area (Å²) in [6, 6.07) is 0. The molecule has 1 heterocycles. The van der Waals surface area contributed by atoms with Crippen LogP contribution in [0.2, 0.25) is 0 Å². The molecule has 0 atom stereocenters. The van der Waals surface area contributed by atoms with Gasteiger partial charge in [-0.2, -0.15) is 5.10 Å². The summed E-state index contributed by atoms with van der Waals surface area (Å²) in [4.78, 5) is 21.7. The van der Waals surface area contributed by atoms with Crippen molar-refractivity contribution >= 4 is 11.9 Å². The summed E-state index contributed by atoms with van der Waals surface area (Å²) in [6.07, 6.45) is -1.65. The standard InChI is InChI=1S/C10H13F2N3O4/c1-15-4-6(8(14-15)9(11)12)10(18)13-2-3-19-5-7(16)17/h4,9H,2-3,5H2,1H3,(H,13,18)(H,16,17). The van der Waals surface area contributed by atoms with E-state index in [1.165, 1.54) is 13.2 Å². The van der Waals surface area contributed by atoms with E-state index in [2.05, 4.69) is 15.2 Å². The lowest BCUT2D eigenvalue weighted by atomic mass is 10.2. The van der Waals surface area contributed by atoms with Gasteiger partial charge in [-0.1, -0.05) is 0 Å². The van der Waals surface area contributed by atoms with E-state index < -0.39 is 30.6 Å². The molecule has 0 unspecified atom stereocenters. The van der Waals surface area contributed by atoms with Gasteiger partial charge in [-0.15, -0.1) is 0 Å². The van der Waals surface area contributed by atoms with E-state index in [9.17, 15) is 18.4 Å². The number of amides is 1. The molecule has 7 nitrogen and oxygen atoms in total. The number of rotatable bonds is 7. The Balaban J connectivity index is 2.47. The first-order valence-corrected chi connectivity index (χ1v) is 5.31. The van der Waals surface area contributed by atoms with E-state index in [0.717, 1.165) is 4.68 Å². The highest BCUT2D eigenvalue weighted by Crippen LogP contribution is 2.20. The Morgan fingerprint density at radius 2 is 2.26 bits per heavy atom. The van der Waals surface area contributed by atoms with E-state index in [-0.39, 0.29) is 18.7 Å². The Kier molecular flexibility index (Phi) is 5.37. The summed E-state index contributed by atoms with van der Waals surface area (Å²) in [6.45, 7) is -0.489. The van der Waals surface area contributed by atoms with E-state index in [0.29, 0.717) is 0 Å². The summed E-state index contributed by atoms with van der Waals surface area (Å²) in [5.41, 5.74) is -0.804. The Morgan fingerprint density at radius 3 is 2.84 bits per heavy atom. The second-order valence-electron chi connectivity index (χ2n) is 3.60. The minimum absolute atomic E-state index is 0.0175. The van der Waals surface area contributed by atoms with Crippen molar-refractivity contribution in [1.29, 1.82) is 0 Å². The molecule has 0 spiro atoms. The SMILES string of the molecule is Cn1cc(C(=O)NCCOCC(=O)O)c(C(F)F)n1. The molecule has 0 radical (unpaired) electrons. The third kappa shape index (κ3) is 4.62. The van der Waals surface area contributed by atoms with E-state index >= 15 is 0 Å². The molecular weight excluding hydrogens is 264 g/mol. The number of nitrogens with one attached hydrogen (secondary N) is 1. The van der Waals surface area contributed by atoms with Crippen molar-refractivity contribution in [3.63, 3.8) is 0 Å². The third-order valence-electron chi connectivity index (χ3n) is 2.07. The van der Waals surface area contributed by atoms with E-state index in [4.69, 9.17) is 5.11 Å². The number of ether oxygens (including phenoxy) is 1. The van der Waals surface area contributed by atoms with E-state index in [1.54, 1.807) is 0 Å². The number of carbonyl (C=O) groups excluding carboxylic acids is 1. The molecule has 106 valence electrons. The summed E-state index contributed by atoms with van der Waals surface area (Å²) in [5, 5.41) is 14.1. The molecule has 2 N–H and O–H groups in total. The molecule has 1 aromatic rings. The molecule has 9 heteroatoms. The number of nitrogens with zero attached hydrogens (tertiary/aromatic N) is 2. The van der Waals surface area contributed by atoms with Gasteiger partial charge in [0.15, 0.2) is 0 Å². The van der Waals surface area contributed by atoms with Gasteiger partial charge >= 0.3 is 5.97 Å². The number of aryl methyl sites for hydroxylation is 1. The number of aliphatic carboxylic acids is 1. The predicted molar refractivity (Wildman–Crippen MR) is 59.0 cm³/mol. The van der Waals surface area contributed by atoms with Crippen LogP contribution in [-0.4, -0.2) is 46.5 Å². The molecule has 0 aliphatic heterocycles. The van der Waals surface area contributed by atoms with Gasteiger partial charge in [0.05, 0.1) is 12.2 Å². The van der Waals surface area contributed by atoms with Crippen LogP contribution in [0.4, 0.5) is 8.78 Å². The second-order valence-corrected chi connectivity index (χ2v) is 3.60. The van der Waals surface area contributed by atoms with Crippen LogP contribution < -0.4 is 5.32 Å². The van der Waals surface area contributed by atoms with E-state index in [1.807, 2.05) is 0 Å². The fourth-order valence-corrected chi connectivity index (χ4v) is 1.33. The summed E-state index contributed by atoms with van der Waals surface area (Å²) in [5.74, 6) is -1.83. The molecule has 0 aliphatic rings. The minimum atomic E-state index is -2.84. The van der Waals surface area contributed by atoms with Crippen molar-refractivity contribution in [3.05, 3.63) is 17.5 Å². The molecule has 0 aliphatic carbocycles. The zero-order valence-corrected chi connectivity index (χ0v) is 10.1. The quantitative estimate of drug-likeness (QED) is 0.694. The molecule has 0 saturated heterocycles. The Labute approximate surface area is 107 Å². The number of aromatic nitrogens is 2. The molecule has 0 bridgehead atoms. The topological polar surface area (TPSA) is 93.5 Å². The first kappa shape index (κ1) is 15.0. The summed E-state index contributed by atoms with van der Waals surface area (Å²) >= 11 is 0. The van der Waals surface area contributed by atoms with Crippen molar-refractivity contribution < 1.29 is 28.2 Å². The van der Waals surface area contributed by atoms with Crippen molar-refractivity contribution in [3.8, 4) is 0 Å². The Hall–Kier alpha value is -2.03. The molecule has 1 rings (SSSR count). The lowest BCUT2D eigenvalue weighted by molar-refractivity contribution is -0.142. The zero-order valence-electron chi connectivity index (χ0n) is 10.1. The zero-order chi connectivity index (χ0) is 14.4. The maximum absolute atomic E-state index is 12.6. The first-order valence-electron chi connectivity index (χ1n) is 5.31. The average Bonchev–Trinajstić information content (AvgIpc) is 2.70. The van der Waals surface area contributed by atoms with Crippen LogP contribution in [0, 0.1) is 0 Å². The van der Waals surface area contributed by atoms with Crippen LogP contribution in [0.1, 0.15) is 22.5 Å². The van der Waals surface area contributed by atoms with Gasteiger partial charge in [0.25, 0.3) is 12.3 Å². The van der Waals surface area contributed by atoms with Gasteiger partial charge < -0.3 is 15.2 Å². The number of halogens is 2. The number of hydrogen-bond acceptors (Lipinski definition) is 4. The summed E-state index contributed by atoms with van der Waals surface area (Å²) in [7, 11) is 1.43. The van der Waals surface area contributed by atoms with Crippen molar-refractivity contribution in [2.45, 2.75) is 6.43 Å². The van der Waals surface area contributed by atoms with Gasteiger partial charge in [0.2, 0.25) is 0 Å². The molecule has 0 fully saturated rings. The van der Waals surface area contributed by atoms with Gasteiger partial charge in [-0.05, 0) is 0 Å². The van der Waals surface area contributed by atoms with Crippen LogP contribution in [0.25, 0.3) is 0 Å². The van der Waals surface area contributed by atoms with Crippen LogP contribution >= 0.6 is 0 Å². The number of carboxylic acid groups (broad SMARTS) is 1. The van der Waals surface area contributed by atoms with Crippen molar-refractivity contribution in [2.24, 2.45) is 7.05 Å². The molecule has 0 saturated carbocycles. The fourth-order valence-electron chi connectivity index (χ4n) is 1.33. The van der Waals surface area contributed by atoms with Gasteiger partial charge in [-0.25, -0.2) is 13.6 Å². The van der Waals surface area contributed by atoms with Crippen molar-refractivity contribution in [1.82, 2.24) is 15.1 Å².